The number of benzene rings is 1. The van der Waals surface area contributed by atoms with Crippen LogP contribution >= 0.6 is 0 Å². The number of rotatable bonds is 10. The van der Waals surface area contributed by atoms with Crippen LogP contribution in [-0.2, 0) is 9.47 Å². The summed E-state index contributed by atoms with van der Waals surface area (Å²) in [6.07, 6.45) is 8.85. The summed E-state index contributed by atoms with van der Waals surface area (Å²) in [5.74, 6) is 1.20. The number of aliphatic imine (C=N–C) groups is 1. The minimum atomic E-state index is -0.695. The highest BCUT2D eigenvalue weighted by Gasteiger charge is 2.35. The second-order valence-corrected chi connectivity index (χ2v) is 11.3. The molecule has 0 aliphatic heterocycles. The zero-order chi connectivity index (χ0) is 29.8. The average Bonchev–Trinajstić information content (AvgIpc) is 3.68. The minimum absolute atomic E-state index is 0.139. The zero-order valence-corrected chi connectivity index (χ0v) is 25.5. The Morgan fingerprint density at radius 1 is 1.18 bits per heavy atom. The lowest BCUT2D eigenvalue weighted by molar-refractivity contribution is 0.0538. The Bertz CT molecular complexity index is 1440. The molecular formula is C33H43N3O4. The number of ether oxygens (including phenoxy) is 2. The first-order valence-corrected chi connectivity index (χ1v) is 13.9. The molecule has 3 rings (SSSR count). The SMILES string of the molecule is C=C(C=CC(C)=NC)C(=O)c1cc(C(C(C)=CCCC)=C(C)OC)cc2c1nc(C1CC1)n2C(=O)OC(C)(C)C. The van der Waals surface area contributed by atoms with Crippen LogP contribution in [0.2, 0.25) is 0 Å². The number of fused-ring (bicyclic) bond motifs is 1. The molecule has 0 bridgehead atoms. The third kappa shape index (κ3) is 7.06. The molecular weight excluding hydrogens is 502 g/mol. The Kier molecular flexibility index (Phi) is 9.72. The van der Waals surface area contributed by atoms with Crippen molar-refractivity contribution < 1.29 is 19.1 Å². The van der Waals surface area contributed by atoms with Crippen LogP contribution in [0, 0.1) is 0 Å². The summed E-state index contributed by atoms with van der Waals surface area (Å²) < 4.78 is 13.1. The lowest BCUT2D eigenvalue weighted by Crippen LogP contribution is -2.28. The molecule has 7 nitrogen and oxygen atoms in total. The molecule has 0 amide bonds. The molecule has 1 heterocycles. The van der Waals surface area contributed by atoms with Gasteiger partial charge in [0.2, 0.25) is 0 Å². The van der Waals surface area contributed by atoms with Gasteiger partial charge in [0.05, 0.1) is 18.2 Å². The fourth-order valence-corrected chi connectivity index (χ4v) is 4.45. The van der Waals surface area contributed by atoms with E-state index < -0.39 is 11.7 Å². The molecule has 1 aromatic heterocycles. The van der Waals surface area contributed by atoms with Gasteiger partial charge in [-0.25, -0.2) is 14.3 Å². The molecule has 0 atom stereocenters. The van der Waals surface area contributed by atoms with E-state index >= 15 is 0 Å². The van der Waals surface area contributed by atoms with E-state index in [1.54, 1.807) is 30.9 Å². The largest absolute Gasteiger partial charge is 0.501 e. The van der Waals surface area contributed by atoms with Crippen molar-refractivity contribution in [3.8, 4) is 0 Å². The number of unbranched alkanes of at least 4 members (excludes halogenated alkanes) is 1. The molecule has 1 aliphatic carbocycles. The molecule has 214 valence electrons. The van der Waals surface area contributed by atoms with Crippen molar-refractivity contribution in [3.63, 3.8) is 0 Å². The maximum Gasteiger partial charge on any atom is 0.420 e. The van der Waals surface area contributed by atoms with Crippen molar-refractivity contribution in [1.29, 1.82) is 0 Å². The summed E-state index contributed by atoms with van der Waals surface area (Å²) >= 11 is 0. The number of ketones is 1. The number of Topliss-reactive ketones (excluding diaryl/α,β-unsaturated/α-hetero) is 1. The molecule has 40 heavy (non-hydrogen) atoms. The smallest absolute Gasteiger partial charge is 0.420 e. The summed E-state index contributed by atoms with van der Waals surface area (Å²) in [4.78, 5) is 36.5. The van der Waals surface area contributed by atoms with E-state index in [1.165, 1.54) is 0 Å². The summed E-state index contributed by atoms with van der Waals surface area (Å²) in [6.45, 7) is 17.5. The van der Waals surface area contributed by atoms with Gasteiger partial charge in [-0.2, -0.15) is 0 Å². The van der Waals surface area contributed by atoms with E-state index in [4.69, 9.17) is 14.5 Å². The average molecular weight is 546 g/mol. The lowest BCUT2D eigenvalue weighted by atomic mass is 9.92. The Labute approximate surface area is 238 Å². The van der Waals surface area contributed by atoms with E-state index in [1.807, 2.05) is 53.7 Å². The summed E-state index contributed by atoms with van der Waals surface area (Å²) in [5.41, 5.74) is 4.40. The van der Waals surface area contributed by atoms with Crippen LogP contribution in [0.15, 0.2) is 58.8 Å². The molecule has 0 saturated heterocycles. The molecule has 0 N–H and O–H groups in total. The monoisotopic (exact) mass is 545 g/mol. The van der Waals surface area contributed by atoms with Crippen molar-refractivity contribution in [2.75, 3.05) is 14.2 Å². The van der Waals surface area contributed by atoms with Crippen molar-refractivity contribution in [1.82, 2.24) is 9.55 Å². The first-order chi connectivity index (χ1) is 18.8. The molecule has 7 heteroatoms. The number of allylic oxidation sites excluding steroid dienone is 7. The number of aromatic nitrogens is 2. The van der Waals surface area contributed by atoms with Crippen LogP contribution < -0.4 is 0 Å². The van der Waals surface area contributed by atoms with Gasteiger partial charge in [-0.05, 0) is 96.2 Å². The third-order valence-corrected chi connectivity index (χ3v) is 6.80. The maximum absolute atomic E-state index is 13.9. The molecule has 0 unspecified atom stereocenters. The van der Waals surface area contributed by atoms with Crippen LogP contribution in [0.3, 0.4) is 0 Å². The molecule has 1 aromatic carbocycles. The van der Waals surface area contributed by atoms with Gasteiger partial charge < -0.3 is 9.47 Å². The normalized spacial score (nSPS) is 15.4. The van der Waals surface area contributed by atoms with E-state index in [-0.39, 0.29) is 11.7 Å². The second-order valence-electron chi connectivity index (χ2n) is 11.3. The molecule has 0 radical (unpaired) electrons. The van der Waals surface area contributed by atoms with Crippen LogP contribution in [-0.4, -0.2) is 46.9 Å². The topological polar surface area (TPSA) is 82.8 Å². The van der Waals surface area contributed by atoms with Gasteiger partial charge in [0.1, 0.15) is 22.7 Å². The number of nitrogens with zero attached hydrogens (tertiary/aromatic N) is 3. The molecule has 1 aliphatic rings. The third-order valence-electron chi connectivity index (χ3n) is 6.80. The number of imidazole rings is 1. The van der Waals surface area contributed by atoms with Crippen LogP contribution in [0.4, 0.5) is 4.79 Å². The van der Waals surface area contributed by atoms with Crippen molar-refractivity contribution in [2.45, 2.75) is 85.7 Å². The van der Waals surface area contributed by atoms with Gasteiger partial charge in [-0.3, -0.25) is 9.79 Å². The van der Waals surface area contributed by atoms with Gasteiger partial charge in [0, 0.05) is 29.8 Å². The number of hydrogen-bond acceptors (Lipinski definition) is 6. The van der Waals surface area contributed by atoms with Crippen molar-refractivity contribution in [2.24, 2.45) is 4.99 Å². The van der Waals surface area contributed by atoms with Gasteiger partial charge in [0.25, 0.3) is 0 Å². The maximum atomic E-state index is 13.9. The highest BCUT2D eigenvalue weighted by molar-refractivity contribution is 6.18. The fourth-order valence-electron chi connectivity index (χ4n) is 4.45. The second kappa shape index (κ2) is 12.6. The van der Waals surface area contributed by atoms with Crippen LogP contribution in [0.5, 0.6) is 0 Å². The predicted octanol–water partition coefficient (Wildman–Crippen LogP) is 8.21. The lowest BCUT2D eigenvalue weighted by Gasteiger charge is -2.21. The van der Waals surface area contributed by atoms with E-state index in [2.05, 4.69) is 24.6 Å². The number of methoxy groups -OCH3 is 1. The predicted molar refractivity (Wildman–Crippen MR) is 163 cm³/mol. The Balaban J connectivity index is 2.38. The van der Waals surface area contributed by atoms with Gasteiger partial charge in [-0.15, -0.1) is 0 Å². The van der Waals surface area contributed by atoms with Gasteiger partial charge >= 0.3 is 6.09 Å². The van der Waals surface area contributed by atoms with E-state index in [9.17, 15) is 9.59 Å². The highest BCUT2D eigenvalue weighted by atomic mass is 16.6. The summed E-state index contributed by atoms with van der Waals surface area (Å²) in [7, 11) is 3.33. The summed E-state index contributed by atoms with van der Waals surface area (Å²) in [6, 6.07) is 3.76. The summed E-state index contributed by atoms with van der Waals surface area (Å²) in [5, 5.41) is 0. The number of carbonyl (C=O) groups excluding carboxylic acids is 2. The fraction of sp³-hybridized carbons (Fsp3) is 0.455. The molecule has 1 saturated carbocycles. The minimum Gasteiger partial charge on any atom is -0.501 e. The quantitative estimate of drug-likeness (QED) is 0.0988. The van der Waals surface area contributed by atoms with Crippen LogP contribution in [0.25, 0.3) is 16.6 Å². The van der Waals surface area contributed by atoms with E-state index in [0.717, 1.165) is 48.1 Å². The Hall–Kier alpha value is -3.74. The molecule has 2 aromatic rings. The van der Waals surface area contributed by atoms with Crippen LogP contribution in [0.1, 0.15) is 102 Å². The number of hydrogen-bond donors (Lipinski definition) is 0. The molecule has 0 spiro atoms. The number of carbonyl (C=O) groups is 2. The van der Waals surface area contributed by atoms with E-state index in [0.29, 0.717) is 33.8 Å². The van der Waals surface area contributed by atoms with Crippen molar-refractivity contribution >= 4 is 34.2 Å². The zero-order valence-electron chi connectivity index (χ0n) is 25.5. The first-order valence-electron chi connectivity index (χ1n) is 13.9. The highest BCUT2D eigenvalue weighted by Crippen LogP contribution is 2.42. The standard InChI is InChI=1S/C33H43N3O4/c1-11-12-13-20(2)28(23(5)39-10)25-18-26(30(37)21(3)14-15-22(4)34-9)29-27(19-25)36(31(35-29)24-16-17-24)32(38)40-33(6,7)8/h13-15,18-19,24H,3,11-12,16-17H2,1-2,4-10H3. The van der Waals surface area contributed by atoms with Gasteiger partial charge in [0.15, 0.2) is 5.78 Å². The Morgan fingerprint density at radius 3 is 2.40 bits per heavy atom. The Morgan fingerprint density at radius 2 is 1.85 bits per heavy atom. The first kappa shape index (κ1) is 30.8. The van der Waals surface area contributed by atoms with Crippen molar-refractivity contribution in [3.05, 3.63) is 70.8 Å². The molecule has 1 fully saturated rings. The van der Waals surface area contributed by atoms with Gasteiger partial charge in [-0.1, -0.05) is 26.0 Å².